The van der Waals surface area contributed by atoms with E-state index in [-0.39, 0.29) is 23.7 Å². The summed E-state index contributed by atoms with van der Waals surface area (Å²) in [5.41, 5.74) is 1.02. The van der Waals surface area contributed by atoms with Crippen molar-refractivity contribution in [3.63, 3.8) is 0 Å². The van der Waals surface area contributed by atoms with E-state index in [2.05, 4.69) is 10.3 Å². The maximum absolute atomic E-state index is 14.1. The summed E-state index contributed by atoms with van der Waals surface area (Å²) in [6, 6.07) is 8.70. The summed E-state index contributed by atoms with van der Waals surface area (Å²) < 4.78 is 40.6. The van der Waals surface area contributed by atoms with E-state index in [1.807, 2.05) is 9.80 Å². The van der Waals surface area contributed by atoms with Crippen LogP contribution in [-0.2, 0) is 14.3 Å². The van der Waals surface area contributed by atoms with Gasteiger partial charge in [0.15, 0.2) is 5.82 Å². The number of ether oxygens (including phenoxy) is 2. The fourth-order valence-corrected chi connectivity index (χ4v) is 5.43. The number of halogens is 2. The Bertz CT molecular complexity index is 1290. The Balaban J connectivity index is 1.30. The van der Waals surface area contributed by atoms with Gasteiger partial charge in [-0.1, -0.05) is 12.1 Å². The van der Waals surface area contributed by atoms with Crippen molar-refractivity contribution >= 4 is 28.7 Å². The lowest BCUT2D eigenvalue weighted by atomic mass is 10.0. The zero-order valence-electron chi connectivity index (χ0n) is 21.1. The third-order valence-corrected chi connectivity index (χ3v) is 7.37. The van der Waals surface area contributed by atoms with Crippen molar-refractivity contribution in [1.29, 1.82) is 0 Å². The van der Waals surface area contributed by atoms with Gasteiger partial charge in [0.25, 0.3) is 6.43 Å². The third-order valence-electron chi connectivity index (χ3n) is 7.37. The molecule has 5 heterocycles. The monoisotopic (exact) mass is 527 g/mol. The maximum Gasteiger partial charge on any atom is 0.296 e. The molecule has 0 radical (unpaired) electrons. The third kappa shape index (κ3) is 5.02. The molecular formula is C26H31F2N7O3. The van der Waals surface area contributed by atoms with Gasteiger partial charge < -0.3 is 24.6 Å². The first-order valence-corrected chi connectivity index (χ1v) is 13.2. The highest BCUT2D eigenvalue weighted by Crippen LogP contribution is 2.30. The molecule has 2 aromatic heterocycles. The van der Waals surface area contributed by atoms with Crippen LogP contribution in [0.25, 0.3) is 16.9 Å². The molecule has 3 aliphatic heterocycles. The second-order valence-electron chi connectivity index (χ2n) is 9.93. The highest BCUT2D eigenvalue weighted by Gasteiger charge is 2.32. The van der Waals surface area contributed by atoms with Crippen LogP contribution in [0.4, 0.5) is 20.5 Å². The molecule has 3 aromatic rings. The van der Waals surface area contributed by atoms with Gasteiger partial charge in [0.05, 0.1) is 36.8 Å². The Morgan fingerprint density at radius 2 is 1.87 bits per heavy atom. The lowest BCUT2D eigenvalue weighted by Gasteiger charge is -2.28. The Kier molecular flexibility index (Phi) is 7.07. The normalized spacial score (nSPS) is 22.4. The lowest BCUT2D eigenvalue weighted by molar-refractivity contribution is -0.138. The van der Waals surface area contributed by atoms with Crippen LogP contribution in [0, 0.1) is 5.92 Å². The number of rotatable bonds is 6. The zero-order valence-corrected chi connectivity index (χ0v) is 21.1. The van der Waals surface area contributed by atoms with Crippen LogP contribution < -0.4 is 10.2 Å². The maximum atomic E-state index is 14.1. The average molecular weight is 528 g/mol. The van der Waals surface area contributed by atoms with E-state index in [1.165, 1.54) is 4.57 Å². The van der Waals surface area contributed by atoms with Crippen molar-refractivity contribution in [1.82, 2.24) is 24.4 Å². The number of anilines is 2. The summed E-state index contributed by atoms with van der Waals surface area (Å²) in [7, 11) is 0. The van der Waals surface area contributed by atoms with Crippen molar-refractivity contribution in [3.8, 4) is 5.82 Å². The summed E-state index contributed by atoms with van der Waals surface area (Å²) in [5.74, 6) is 0.974. The van der Waals surface area contributed by atoms with Gasteiger partial charge in [-0.15, -0.1) is 0 Å². The van der Waals surface area contributed by atoms with E-state index >= 15 is 0 Å². The van der Waals surface area contributed by atoms with Crippen LogP contribution in [0.5, 0.6) is 0 Å². The van der Waals surface area contributed by atoms with Gasteiger partial charge in [0.2, 0.25) is 11.9 Å². The van der Waals surface area contributed by atoms with Crippen LogP contribution in [-0.4, -0.2) is 89.0 Å². The molecule has 0 spiro atoms. The van der Waals surface area contributed by atoms with Crippen molar-refractivity contribution < 1.29 is 23.0 Å². The molecule has 10 nitrogen and oxygen atoms in total. The molecule has 1 aromatic carbocycles. The van der Waals surface area contributed by atoms with E-state index in [9.17, 15) is 13.6 Å². The van der Waals surface area contributed by atoms with E-state index in [4.69, 9.17) is 19.4 Å². The van der Waals surface area contributed by atoms with Crippen LogP contribution in [0.1, 0.15) is 31.5 Å². The molecule has 2 atom stereocenters. The molecule has 3 saturated heterocycles. The van der Waals surface area contributed by atoms with E-state index < -0.39 is 6.43 Å². The number of aromatic nitrogens is 4. The summed E-state index contributed by atoms with van der Waals surface area (Å²) in [6.45, 7) is 4.69. The van der Waals surface area contributed by atoms with Gasteiger partial charge in [-0.3, -0.25) is 9.36 Å². The molecule has 1 amide bonds. The number of imidazole rings is 1. The standard InChI is InChI=1S/C26H31F2N7O3/c27-23(28)24-30-19-5-1-2-6-20(19)35(24)22-14-21(31-26(32-22)33-9-12-37-13-10-33)29-18-7-8-34(15-18)25(36)17-4-3-11-38-16-17/h1-2,5-6,14,17-18,23H,3-4,7-13,15-16H2,(H,29,31,32)/t17?,18-/m0/s1. The predicted molar refractivity (Wildman–Crippen MR) is 137 cm³/mol. The van der Waals surface area contributed by atoms with Gasteiger partial charge in [-0.25, -0.2) is 13.8 Å². The molecule has 0 bridgehead atoms. The summed E-state index contributed by atoms with van der Waals surface area (Å²) >= 11 is 0. The minimum Gasteiger partial charge on any atom is -0.381 e. The molecule has 1 unspecified atom stereocenters. The SMILES string of the molecule is O=C(C1CCCOC1)N1CC[C@H](Nc2cc(-n3c(C(F)F)nc4ccccc43)nc(N3CCOCC3)n2)C1. The molecule has 0 saturated carbocycles. The smallest absolute Gasteiger partial charge is 0.296 e. The Labute approximate surface area is 218 Å². The van der Waals surface area contributed by atoms with E-state index in [0.717, 1.165) is 25.9 Å². The quantitative estimate of drug-likeness (QED) is 0.523. The lowest BCUT2D eigenvalue weighted by Crippen LogP contribution is -2.39. The molecular weight excluding hydrogens is 496 g/mol. The molecule has 12 heteroatoms. The van der Waals surface area contributed by atoms with Gasteiger partial charge in [0, 0.05) is 44.9 Å². The summed E-state index contributed by atoms with van der Waals surface area (Å²) in [6.07, 6.45) is -0.249. The molecule has 202 valence electrons. The van der Waals surface area contributed by atoms with Crippen LogP contribution in [0.3, 0.4) is 0 Å². The van der Waals surface area contributed by atoms with Crippen LogP contribution in [0.2, 0.25) is 0 Å². The van der Waals surface area contributed by atoms with Gasteiger partial charge >= 0.3 is 0 Å². The fourth-order valence-electron chi connectivity index (χ4n) is 5.43. The number of hydrogen-bond acceptors (Lipinski definition) is 8. The van der Waals surface area contributed by atoms with Crippen molar-refractivity contribution in [2.24, 2.45) is 5.92 Å². The largest absolute Gasteiger partial charge is 0.381 e. The number of carbonyl (C=O) groups excluding carboxylic acids is 1. The molecule has 3 fully saturated rings. The first kappa shape index (κ1) is 24.9. The number of amides is 1. The molecule has 38 heavy (non-hydrogen) atoms. The Morgan fingerprint density at radius 1 is 1.03 bits per heavy atom. The number of nitrogens with zero attached hydrogens (tertiary/aromatic N) is 6. The van der Waals surface area contributed by atoms with Crippen molar-refractivity contribution in [3.05, 3.63) is 36.2 Å². The number of carbonyl (C=O) groups is 1. The molecule has 1 N–H and O–H groups in total. The first-order chi connectivity index (χ1) is 18.6. The number of alkyl halides is 2. The van der Waals surface area contributed by atoms with Crippen molar-refractivity contribution in [2.45, 2.75) is 31.7 Å². The summed E-state index contributed by atoms with van der Waals surface area (Å²) in [4.78, 5) is 30.5. The van der Waals surface area contributed by atoms with Crippen molar-refractivity contribution in [2.75, 3.05) is 62.8 Å². The van der Waals surface area contributed by atoms with Gasteiger partial charge in [0.1, 0.15) is 11.6 Å². The first-order valence-electron chi connectivity index (χ1n) is 13.2. The number of para-hydroxylation sites is 2. The van der Waals surface area contributed by atoms with Crippen LogP contribution in [0.15, 0.2) is 30.3 Å². The Hall–Kier alpha value is -3.38. The number of morpholine rings is 1. The van der Waals surface area contributed by atoms with Gasteiger partial charge in [-0.05, 0) is 31.4 Å². The van der Waals surface area contributed by atoms with Crippen LogP contribution >= 0.6 is 0 Å². The predicted octanol–water partition coefficient (Wildman–Crippen LogP) is 3.03. The molecule has 3 aliphatic rings. The summed E-state index contributed by atoms with van der Waals surface area (Å²) in [5, 5.41) is 3.45. The molecule has 6 rings (SSSR count). The average Bonchev–Trinajstić information content (AvgIpc) is 3.58. The second kappa shape index (κ2) is 10.8. The number of fused-ring (bicyclic) bond motifs is 1. The highest BCUT2D eigenvalue weighted by molar-refractivity contribution is 5.80. The number of nitrogens with one attached hydrogen (secondary N) is 1. The zero-order chi connectivity index (χ0) is 26.1. The fraction of sp³-hybridized carbons (Fsp3) is 0.538. The molecule has 0 aliphatic carbocycles. The number of hydrogen-bond donors (Lipinski definition) is 1. The number of likely N-dealkylation sites (tertiary alicyclic amines) is 1. The minimum atomic E-state index is -2.78. The van der Waals surface area contributed by atoms with E-state index in [1.54, 1.807) is 30.3 Å². The van der Waals surface area contributed by atoms with E-state index in [0.29, 0.717) is 74.6 Å². The second-order valence-corrected chi connectivity index (χ2v) is 9.93. The minimum absolute atomic E-state index is 0.0159. The highest BCUT2D eigenvalue weighted by atomic mass is 19.3. The van der Waals surface area contributed by atoms with Gasteiger partial charge in [-0.2, -0.15) is 9.97 Å². The Morgan fingerprint density at radius 3 is 2.66 bits per heavy atom. The number of benzene rings is 1. The topological polar surface area (TPSA) is 97.6 Å².